The van der Waals surface area contributed by atoms with Crippen molar-refractivity contribution in [2.45, 2.75) is 43.3 Å². The molecule has 3 aromatic rings. The molecular weight excluding hydrogens is 406 g/mol. The summed E-state index contributed by atoms with van der Waals surface area (Å²) in [5.41, 5.74) is 1.14. The molecule has 29 heavy (non-hydrogen) atoms. The van der Waals surface area contributed by atoms with Crippen LogP contribution in [0.25, 0.3) is 16.6 Å². The van der Waals surface area contributed by atoms with Gasteiger partial charge >= 0.3 is 0 Å². The van der Waals surface area contributed by atoms with Crippen LogP contribution in [0.4, 0.5) is 0 Å². The van der Waals surface area contributed by atoms with Crippen LogP contribution in [0.15, 0.2) is 58.5 Å². The van der Waals surface area contributed by atoms with Crippen molar-refractivity contribution in [3.63, 3.8) is 0 Å². The van der Waals surface area contributed by atoms with Gasteiger partial charge in [-0.1, -0.05) is 54.8 Å². The Morgan fingerprint density at radius 1 is 1.10 bits per heavy atom. The lowest BCUT2D eigenvalue weighted by atomic mass is 9.95. The molecule has 1 aliphatic carbocycles. The van der Waals surface area contributed by atoms with Crippen molar-refractivity contribution < 1.29 is 4.79 Å². The molecule has 5 nitrogen and oxygen atoms in total. The summed E-state index contributed by atoms with van der Waals surface area (Å²) < 4.78 is 1.55. The quantitative estimate of drug-likeness (QED) is 0.478. The number of carbonyl (C=O) groups excluding carboxylic acids is 1. The van der Waals surface area contributed by atoms with Crippen LogP contribution >= 0.6 is 23.4 Å². The molecule has 1 aromatic heterocycles. The second kappa shape index (κ2) is 9.01. The van der Waals surface area contributed by atoms with Crippen molar-refractivity contribution in [3.05, 3.63) is 63.9 Å². The summed E-state index contributed by atoms with van der Waals surface area (Å²) in [7, 11) is 0. The molecule has 1 saturated carbocycles. The van der Waals surface area contributed by atoms with Gasteiger partial charge in [-0.25, -0.2) is 4.98 Å². The number of carbonyl (C=O) groups is 1. The van der Waals surface area contributed by atoms with Crippen molar-refractivity contribution >= 4 is 40.2 Å². The van der Waals surface area contributed by atoms with Gasteiger partial charge < -0.3 is 5.32 Å². The van der Waals surface area contributed by atoms with Crippen LogP contribution in [0.2, 0.25) is 5.02 Å². The van der Waals surface area contributed by atoms with E-state index < -0.39 is 0 Å². The van der Waals surface area contributed by atoms with Gasteiger partial charge in [0.2, 0.25) is 5.91 Å². The first-order valence-electron chi connectivity index (χ1n) is 9.82. The highest BCUT2D eigenvalue weighted by Crippen LogP contribution is 2.23. The Morgan fingerprint density at radius 2 is 1.83 bits per heavy atom. The minimum atomic E-state index is -0.159. The van der Waals surface area contributed by atoms with Crippen LogP contribution in [0, 0.1) is 0 Å². The summed E-state index contributed by atoms with van der Waals surface area (Å²) in [6, 6.07) is 14.6. The van der Waals surface area contributed by atoms with Gasteiger partial charge in [0.05, 0.1) is 22.3 Å². The Balaban J connectivity index is 1.63. The van der Waals surface area contributed by atoms with Gasteiger partial charge in [0, 0.05) is 11.1 Å². The second-order valence-electron chi connectivity index (χ2n) is 7.22. The highest BCUT2D eigenvalue weighted by atomic mass is 35.5. The number of benzene rings is 2. The Hall–Kier alpha value is -2.31. The maximum Gasteiger partial charge on any atom is 0.266 e. The van der Waals surface area contributed by atoms with E-state index in [4.69, 9.17) is 11.6 Å². The predicted octanol–water partition coefficient (Wildman–Crippen LogP) is 4.58. The predicted molar refractivity (Wildman–Crippen MR) is 118 cm³/mol. The highest BCUT2D eigenvalue weighted by molar-refractivity contribution is 7.99. The number of aromatic nitrogens is 2. The van der Waals surface area contributed by atoms with Crippen LogP contribution in [0.5, 0.6) is 0 Å². The van der Waals surface area contributed by atoms with Gasteiger partial charge in [-0.3, -0.25) is 14.2 Å². The lowest BCUT2D eigenvalue weighted by molar-refractivity contribution is -0.119. The lowest BCUT2D eigenvalue weighted by Crippen LogP contribution is -2.37. The number of nitrogens with zero attached hydrogens (tertiary/aromatic N) is 2. The fourth-order valence-electron chi connectivity index (χ4n) is 3.67. The van der Waals surface area contributed by atoms with E-state index in [1.807, 2.05) is 18.2 Å². The molecule has 2 aromatic carbocycles. The number of nitrogens with one attached hydrogen (secondary N) is 1. The molecule has 1 amide bonds. The van der Waals surface area contributed by atoms with E-state index in [0.29, 0.717) is 26.8 Å². The summed E-state index contributed by atoms with van der Waals surface area (Å²) in [6.07, 6.45) is 5.66. The smallest absolute Gasteiger partial charge is 0.266 e. The number of hydrogen-bond donors (Lipinski definition) is 1. The average molecular weight is 428 g/mol. The van der Waals surface area contributed by atoms with E-state index in [2.05, 4.69) is 10.3 Å². The molecule has 150 valence electrons. The second-order valence-corrected chi connectivity index (χ2v) is 8.60. The van der Waals surface area contributed by atoms with Crippen LogP contribution in [-0.2, 0) is 4.79 Å². The Morgan fingerprint density at radius 3 is 2.59 bits per heavy atom. The summed E-state index contributed by atoms with van der Waals surface area (Å²) in [6.45, 7) is 0. The highest BCUT2D eigenvalue weighted by Gasteiger charge is 2.18. The third-order valence-corrected chi connectivity index (χ3v) is 6.32. The fourth-order valence-corrected chi connectivity index (χ4v) is 4.62. The molecule has 4 rings (SSSR count). The van der Waals surface area contributed by atoms with Crippen LogP contribution in [0.3, 0.4) is 0 Å². The maximum atomic E-state index is 13.2. The molecule has 0 unspecified atom stereocenters. The summed E-state index contributed by atoms with van der Waals surface area (Å²) in [4.78, 5) is 30.3. The molecule has 7 heteroatoms. The molecule has 0 radical (unpaired) electrons. The van der Waals surface area contributed by atoms with Crippen LogP contribution < -0.4 is 10.9 Å². The van der Waals surface area contributed by atoms with E-state index >= 15 is 0 Å². The first-order chi connectivity index (χ1) is 14.1. The van der Waals surface area contributed by atoms with Crippen molar-refractivity contribution in [1.29, 1.82) is 0 Å². The number of thioether (sulfide) groups is 1. The number of fused-ring (bicyclic) bond motifs is 1. The molecule has 1 fully saturated rings. The first kappa shape index (κ1) is 20.0. The number of rotatable bonds is 5. The standard InChI is InChI=1S/C22H22ClN3O2S/c23-15-10-12-17(13-11-15)26-21(28)18-8-4-5-9-19(18)25-22(26)29-14-20(27)24-16-6-2-1-3-7-16/h4-5,8-13,16H,1-3,6-7,14H2,(H,24,27). The van der Waals surface area contributed by atoms with E-state index in [1.54, 1.807) is 34.9 Å². The average Bonchev–Trinajstić information content (AvgIpc) is 2.74. The van der Waals surface area contributed by atoms with E-state index in [1.165, 1.54) is 31.0 Å². The van der Waals surface area contributed by atoms with E-state index in [-0.39, 0.29) is 23.3 Å². The summed E-state index contributed by atoms with van der Waals surface area (Å²) in [5, 5.41) is 4.74. The van der Waals surface area contributed by atoms with Crippen molar-refractivity contribution in [3.8, 4) is 5.69 Å². The monoisotopic (exact) mass is 427 g/mol. The molecule has 0 spiro atoms. The molecule has 1 N–H and O–H groups in total. The minimum Gasteiger partial charge on any atom is -0.353 e. The first-order valence-corrected chi connectivity index (χ1v) is 11.2. The molecule has 0 atom stereocenters. The molecule has 1 aliphatic rings. The van der Waals surface area contributed by atoms with Crippen LogP contribution in [-0.4, -0.2) is 27.3 Å². The zero-order valence-electron chi connectivity index (χ0n) is 15.9. The number of para-hydroxylation sites is 1. The molecule has 1 heterocycles. The molecule has 0 bridgehead atoms. The Kier molecular flexibility index (Phi) is 6.21. The van der Waals surface area contributed by atoms with Gasteiger partial charge in [0.15, 0.2) is 5.16 Å². The Bertz CT molecular complexity index is 1080. The van der Waals surface area contributed by atoms with E-state index in [9.17, 15) is 9.59 Å². The normalized spacial score (nSPS) is 14.8. The van der Waals surface area contributed by atoms with Crippen molar-refractivity contribution in [2.75, 3.05) is 5.75 Å². The Labute approximate surface area is 178 Å². The number of halogens is 1. The van der Waals surface area contributed by atoms with Gasteiger partial charge in [-0.05, 0) is 49.2 Å². The van der Waals surface area contributed by atoms with Gasteiger partial charge in [-0.15, -0.1) is 0 Å². The third-order valence-electron chi connectivity index (χ3n) is 5.13. The summed E-state index contributed by atoms with van der Waals surface area (Å²) in [5.74, 6) is 0.196. The van der Waals surface area contributed by atoms with E-state index in [0.717, 1.165) is 12.8 Å². The topological polar surface area (TPSA) is 64.0 Å². The van der Waals surface area contributed by atoms with Gasteiger partial charge in [-0.2, -0.15) is 0 Å². The van der Waals surface area contributed by atoms with Gasteiger partial charge in [0.1, 0.15) is 0 Å². The lowest BCUT2D eigenvalue weighted by Gasteiger charge is -2.22. The van der Waals surface area contributed by atoms with Gasteiger partial charge in [0.25, 0.3) is 5.56 Å². The SMILES string of the molecule is O=C(CSc1nc2ccccc2c(=O)n1-c1ccc(Cl)cc1)NC1CCCCC1. The molecule has 0 aliphatic heterocycles. The zero-order valence-corrected chi connectivity index (χ0v) is 17.5. The summed E-state index contributed by atoms with van der Waals surface area (Å²) >= 11 is 7.29. The zero-order chi connectivity index (χ0) is 20.2. The maximum absolute atomic E-state index is 13.2. The minimum absolute atomic E-state index is 0.0213. The van der Waals surface area contributed by atoms with Crippen molar-refractivity contribution in [1.82, 2.24) is 14.9 Å². The van der Waals surface area contributed by atoms with Crippen LogP contribution in [0.1, 0.15) is 32.1 Å². The number of amides is 1. The largest absolute Gasteiger partial charge is 0.353 e. The molecule has 0 saturated heterocycles. The fraction of sp³-hybridized carbons (Fsp3) is 0.318. The third kappa shape index (κ3) is 4.65. The molecular formula is C22H22ClN3O2S. The van der Waals surface area contributed by atoms with Crippen molar-refractivity contribution in [2.24, 2.45) is 0 Å². The number of hydrogen-bond acceptors (Lipinski definition) is 4.